The molecule has 0 unspecified atom stereocenters. The van der Waals surface area contributed by atoms with E-state index in [1.165, 1.54) is 25.7 Å². The van der Waals surface area contributed by atoms with E-state index < -0.39 is 0 Å². The number of piperazine rings is 1. The van der Waals surface area contributed by atoms with Crippen LogP contribution in [0.4, 0.5) is 10.5 Å². The highest BCUT2D eigenvalue weighted by atomic mass is 79.9. The summed E-state index contributed by atoms with van der Waals surface area (Å²) in [6.45, 7) is 3.68. The van der Waals surface area contributed by atoms with Crippen molar-refractivity contribution in [2.45, 2.75) is 31.7 Å². The average Bonchev–Trinajstić information content (AvgIpc) is 3.01. The standard InChI is InChI=1S/C16H22BrN3O/c17-13-4-3-5-14(12-13)18-16(21)20-10-8-19(9-11-20)15-6-1-2-7-15/h3-5,12,15H,1-2,6-11H2,(H,18,21). The fourth-order valence-corrected chi connectivity index (χ4v) is 3.73. The lowest BCUT2D eigenvalue weighted by Crippen LogP contribution is -2.52. The molecule has 2 fully saturated rings. The Kier molecular flexibility index (Phi) is 4.80. The molecule has 3 rings (SSSR count). The lowest BCUT2D eigenvalue weighted by atomic mass is 10.2. The topological polar surface area (TPSA) is 35.6 Å². The molecule has 1 aliphatic heterocycles. The van der Waals surface area contributed by atoms with Crippen LogP contribution in [0.2, 0.25) is 0 Å². The molecule has 1 N–H and O–H groups in total. The van der Waals surface area contributed by atoms with Crippen molar-refractivity contribution >= 4 is 27.6 Å². The highest BCUT2D eigenvalue weighted by Gasteiger charge is 2.27. The number of nitrogens with one attached hydrogen (secondary N) is 1. The second-order valence-corrected chi connectivity index (χ2v) is 6.82. The van der Waals surface area contributed by atoms with Crippen LogP contribution >= 0.6 is 15.9 Å². The smallest absolute Gasteiger partial charge is 0.321 e. The summed E-state index contributed by atoms with van der Waals surface area (Å²) in [5.74, 6) is 0. The minimum Gasteiger partial charge on any atom is -0.322 e. The van der Waals surface area contributed by atoms with Crippen LogP contribution in [0, 0.1) is 0 Å². The first kappa shape index (κ1) is 14.9. The number of rotatable bonds is 2. The lowest BCUT2D eigenvalue weighted by molar-refractivity contribution is 0.115. The minimum atomic E-state index is 0.0131. The molecule has 4 nitrogen and oxygen atoms in total. The van der Waals surface area contributed by atoms with Crippen molar-refractivity contribution in [3.05, 3.63) is 28.7 Å². The third-order valence-electron chi connectivity index (χ3n) is 4.52. The van der Waals surface area contributed by atoms with Crippen LogP contribution < -0.4 is 5.32 Å². The van der Waals surface area contributed by atoms with Crippen LogP contribution in [-0.4, -0.2) is 48.1 Å². The summed E-state index contributed by atoms with van der Waals surface area (Å²) in [6.07, 6.45) is 5.41. The van der Waals surface area contributed by atoms with E-state index in [-0.39, 0.29) is 6.03 Å². The van der Waals surface area contributed by atoms with Crippen LogP contribution in [0.1, 0.15) is 25.7 Å². The number of hydrogen-bond donors (Lipinski definition) is 1. The molecule has 0 radical (unpaired) electrons. The van der Waals surface area contributed by atoms with E-state index in [0.717, 1.165) is 42.4 Å². The van der Waals surface area contributed by atoms with Gasteiger partial charge in [0.1, 0.15) is 0 Å². The van der Waals surface area contributed by atoms with Crippen LogP contribution in [0.25, 0.3) is 0 Å². The third-order valence-corrected chi connectivity index (χ3v) is 5.01. The maximum Gasteiger partial charge on any atom is 0.321 e. The molecule has 1 saturated heterocycles. The molecule has 1 aromatic rings. The molecule has 1 aromatic carbocycles. The van der Waals surface area contributed by atoms with Crippen molar-refractivity contribution in [3.63, 3.8) is 0 Å². The fourth-order valence-electron chi connectivity index (χ4n) is 3.33. The normalized spacial score (nSPS) is 20.7. The van der Waals surface area contributed by atoms with E-state index >= 15 is 0 Å². The van der Waals surface area contributed by atoms with Crippen LogP contribution in [0.15, 0.2) is 28.7 Å². The average molecular weight is 352 g/mol. The number of benzene rings is 1. The molecule has 0 aromatic heterocycles. The number of nitrogens with zero attached hydrogens (tertiary/aromatic N) is 2. The van der Waals surface area contributed by atoms with Crippen LogP contribution in [0.3, 0.4) is 0 Å². The van der Waals surface area contributed by atoms with Crippen molar-refractivity contribution in [2.75, 3.05) is 31.5 Å². The van der Waals surface area contributed by atoms with Gasteiger partial charge in [0.15, 0.2) is 0 Å². The van der Waals surface area contributed by atoms with E-state index in [1.54, 1.807) is 0 Å². The zero-order valence-electron chi connectivity index (χ0n) is 12.2. The predicted octanol–water partition coefficient (Wildman–Crippen LogP) is 3.54. The van der Waals surface area contributed by atoms with Crippen molar-refractivity contribution < 1.29 is 4.79 Å². The third kappa shape index (κ3) is 3.77. The van der Waals surface area contributed by atoms with Gasteiger partial charge in [-0.25, -0.2) is 4.79 Å². The fraction of sp³-hybridized carbons (Fsp3) is 0.562. The maximum atomic E-state index is 12.3. The second kappa shape index (κ2) is 6.79. The van der Waals surface area contributed by atoms with E-state index in [1.807, 2.05) is 29.2 Å². The van der Waals surface area contributed by atoms with Gasteiger partial charge in [0.05, 0.1) is 0 Å². The van der Waals surface area contributed by atoms with Gasteiger partial charge in [-0.05, 0) is 31.0 Å². The van der Waals surface area contributed by atoms with Crippen molar-refractivity contribution in [2.24, 2.45) is 0 Å². The highest BCUT2D eigenvalue weighted by molar-refractivity contribution is 9.10. The molecule has 1 aliphatic carbocycles. The number of carbonyl (C=O) groups is 1. The Hall–Kier alpha value is -1.07. The predicted molar refractivity (Wildman–Crippen MR) is 88.6 cm³/mol. The van der Waals surface area contributed by atoms with Crippen LogP contribution in [0.5, 0.6) is 0 Å². The van der Waals surface area contributed by atoms with Gasteiger partial charge in [0, 0.05) is 42.4 Å². The Morgan fingerprint density at radius 2 is 1.86 bits per heavy atom. The number of halogens is 1. The molecular weight excluding hydrogens is 330 g/mol. The van der Waals surface area contributed by atoms with Crippen molar-refractivity contribution in [1.29, 1.82) is 0 Å². The van der Waals surface area contributed by atoms with E-state index in [9.17, 15) is 4.79 Å². The molecule has 0 bridgehead atoms. The molecule has 1 saturated carbocycles. The largest absolute Gasteiger partial charge is 0.322 e. The van der Waals surface area contributed by atoms with Crippen molar-refractivity contribution in [1.82, 2.24) is 9.80 Å². The van der Waals surface area contributed by atoms with Gasteiger partial charge in [-0.3, -0.25) is 4.90 Å². The Morgan fingerprint density at radius 1 is 1.14 bits per heavy atom. The van der Waals surface area contributed by atoms with E-state index in [2.05, 4.69) is 26.1 Å². The summed E-state index contributed by atoms with van der Waals surface area (Å²) in [4.78, 5) is 16.8. The molecule has 0 spiro atoms. The Balaban J connectivity index is 1.50. The molecule has 2 aliphatic rings. The van der Waals surface area contributed by atoms with Gasteiger partial charge in [0.25, 0.3) is 0 Å². The Bertz CT molecular complexity index is 494. The summed E-state index contributed by atoms with van der Waals surface area (Å²) < 4.78 is 0.978. The minimum absolute atomic E-state index is 0.0131. The first-order valence-electron chi connectivity index (χ1n) is 7.78. The molecule has 5 heteroatoms. The monoisotopic (exact) mass is 351 g/mol. The van der Waals surface area contributed by atoms with E-state index in [4.69, 9.17) is 0 Å². The van der Waals surface area contributed by atoms with Gasteiger partial charge >= 0.3 is 6.03 Å². The molecule has 2 amide bonds. The van der Waals surface area contributed by atoms with Gasteiger partial charge in [-0.15, -0.1) is 0 Å². The first-order chi connectivity index (χ1) is 10.2. The lowest BCUT2D eigenvalue weighted by Gasteiger charge is -2.38. The molecule has 114 valence electrons. The summed E-state index contributed by atoms with van der Waals surface area (Å²) in [5, 5.41) is 2.98. The van der Waals surface area contributed by atoms with E-state index in [0.29, 0.717) is 0 Å². The van der Waals surface area contributed by atoms with Crippen molar-refractivity contribution in [3.8, 4) is 0 Å². The zero-order chi connectivity index (χ0) is 14.7. The maximum absolute atomic E-state index is 12.3. The number of carbonyl (C=O) groups excluding carboxylic acids is 1. The summed E-state index contributed by atoms with van der Waals surface area (Å²) in [7, 11) is 0. The number of hydrogen-bond acceptors (Lipinski definition) is 2. The summed E-state index contributed by atoms with van der Waals surface area (Å²) in [6, 6.07) is 8.50. The Morgan fingerprint density at radius 3 is 2.52 bits per heavy atom. The van der Waals surface area contributed by atoms with Gasteiger partial charge < -0.3 is 10.2 Å². The summed E-state index contributed by atoms with van der Waals surface area (Å²) in [5.41, 5.74) is 0.840. The van der Waals surface area contributed by atoms with Gasteiger partial charge in [-0.2, -0.15) is 0 Å². The first-order valence-corrected chi connectivity index (χ1v) is 8.57. The van der Waals surface area contributed by atoms with Gasteiger partial charge in [-0.1, -0.05) is 34.8 Å². The number of urea groups is 1. The number of anilines is 1. The quantitative estimate of drug-likeness (QED) is 0.884. The number of amides is 2. The summed E-state index contributed by atoms with van der Waals surface area (Å²) >= 11 is 3.42. The molecule has 21 heavy (non-hydrogen) atoms. The highest BCUT2D eigenvalue weighted by Crippen LogP contribution is 2.24. The van der Waals surface area contributed by atoms with Gasteiger partial charge in [0.2, 0.25) is 0 Å². The van der Waals surface area contributed by atoms with Crippen LogP contribution in [-0.2, 0) is 0 Å². The Labute approximate surface area is 134 Å². The SMILES string of the molecule is O=C(Nc1cccc(Br)c1)N1CCN(C2CCCC2)CC1. The molecular formula is C16H22BrN3O. The molecule has 1 heterocycles. The molecule has 0 atom stereocenters. The zero-order valence-corrected chi connectivity index (χ0v) is 13.8. The second-order valence-electron chi connectivity index (χ2n) is 5.90.